The molecule has 0 bridgehead atoms. The molecule has 0 aliphatic heterocycles. The first-order valence-electron chi connectivity index (χ1n) is 9.69. The number of nitrogens with two attached hydrogens (primary N) is 1. The molecule has 7 nitrogen and oxygen atoms in total. The third kappa shape index (κ3) is 5.55. The van der Waals surface area contributed by atoms with Crippen LogP contribution >= 0.6 is 0 Å². The van der Waals surface area contributed by atoms with Crippen LogP contribution in [0.3, 0.4) is 0 Å². The SMILES string of the molecule is CC(C)C(OC(=O)c1ccccc1)OC(=O)C(N)C1(CC(=O)O)CCCCC1. The van der Waals surface area contributed by atoms with E-state index >= 15 is 0 Å². The van der Waals surface area contributed by atoms with Crippen molar-refractivity contribution in [2.24, 2.45) is 17.1 Å². The molecule has 1 aromatic carbocycles. The monoisotopic (exact) mass is 391 g/mol. The second-order valence-electron chi connectivity index (χ2n) is 7.79. The Kier molecular flexibility index (Phi) is 7.57. The van der Waals surface area contributed by atoms with E-state index in [1.807, 2.05) is 0 Å². The van der Waals surface area contributed by atoms with Gasteiger partial charge in [-0.2, -0.15) is 0 Å². The third-order valence-corrected chi connectivity index (χ3v) is 5.28. The van der Waals surface area contributed by atoms with Gasteiger partial charge in [-0.05, 0) is 25.0 Å². The van der Waals surface area contributed by atoms with Crippen LogP contribution in [-0.4, -0.2) is 35.3 Å². The maximum Gasteiger partial charge on any atom is 0.341 e. The molecule has 0 aromatic heterocycles. The zero-order valence-corrected chi connectivity index (χ0v) is 16.4. The summed E-state index contributed by atoms with van der Waals surface area (Å²) in [5, 5.41) is 9.30. The number of carbonyl (C=O) groups excluding carboxylic acids is 2. The molecule has 2 atom stereocenters. The summed E-state index contributed by atoms with van der Waals surface area (Å²) in [6.45, 7) is 3.52. The Balaban J connectivity index is 2.09. The molecule has 2 rings (SSSR count). The van der Waals surface area contributed by atoms with Crippen LogP contribution in [0.25, 0.3) is 0 Å². The quantitative estimate of drug-likeness (QED) is 0.516. The van der Waals surface area contributed by atoms with Gasteiger partial charge in [-0.3, -0.25) is 9.59 Å². The Labute approximate surface area is 165 Å². The van der Waals surface area contributed by atoms with Gasteiger partial charge >= 0.3 is 17.9 Å². The van der Waals surface area contributed by atoms with Crippen molar-refractivity contribution in [3.8, 4) is 0 Å². The summed E-state index contributed by atoms with van der Waals surface area (Å²) < 4.78 is 10.8. The summed E-state index contributed by atoms with van der Waals surface area (Å²) >= 11 is 0. The van der Waals surface area contributed by atoms with Crippen LogP contribution in [0, 0.1) is 11.3 Å². The highest BCUT2D eigenvalue weighted by Gasteiger charge is 2.45. The minimum absolute atomic E-state index is 0.181. The molecule has 154 valence electrons. The first-order valence-corrected chi connectivity index (χ1v) is 9.69. The highest BCUT2D eigenvalue weighted by molar-refractivity contribution is 5.89. The molecule has 1 aliphatic rings. The van der Waals surface area contributed by atoms with Crippen LogP contribution in [0.4, 0.5) is 0 Å². The molecular weight excluding hydrogens is 362 g/mol. The van der Waals surface area contributed by atoms with Gasteiger partial charge in [0.2, 0.25) is 6.29 Å². The molecule has 0 saturated heterocycles. The van der Waals surface area contributed by atoms with Crippen molar-refractivity contribution < 1.29 is 29.0 Å². The van der Waals surface area contributed by atoms with E-state index < -0.39 is 35.7 Å². The van der Waals surface area contributed by atoms with Gasteiger partial charge in [0.05, 0.1) is 12.0 Å². The fraction of sp³-hybridized carbons (Fsp3) is 0.571. The van der Waals surface area contributed by atoms with Crippen LogP contribution in [0.15, 0.2) is 30.3 Å². The first-order chi connectivity index (χ1) is 13.2. The second-order valence-corrected chi connectivity index (χ2v) is 7.79. The predicted molar refractivity (Wildman–Crippen MR) is 102 cm³/mol. The average Bonchev–Trinajstić information content (AvgIpc) is 2.67. The number of carbonyl (C=O) groups is 3. The lowest BCUT2D eigenvalue weighted by atomic mass is 9.67. The largest absolute Gasteiger partial charge is 0.481 e. The fourth-order valence-electron chi connectivity index (χ4n) is 3.64. The van der Waals surface area contributed by atoms with Gasteiger partial charge in [0.25, 0.3) is 0 Å². The van der Waals surface area contributed by atoms with Gasteiger partial charge in [-0.25, -0.2) is 4.79 Å². The third-order valence-electron chi connectivity index (χ3n) is 5.28. The van der Waals surface area contributed by atoms with E-state index in [0.717, 1.165) is 19.3 Å². The fourth-order valence-corrected chi connectivity index (χ4v) is 3.64. The van der Waals surface area contributed by atoms with Crippen LogP contribution in [0.1, 0.15) is 62.7 Å². The number of ether oxygens (including phenoxy) is 2. The summed E-state index contributed by atoms with van der Waals surface area (Å²) in [6.07, 6.45) is 2.48. The molecule has 2 unspecified atom stereocenters. The summed E-state index contributed by atoms with van der Waals surface area (Å²) in [4.78, 5) is 36.4. The number of hydrogen-bond donors (Lipinski definition) is 2. The second kappa shape index (κ2) is 9.68. The summed E-state index contributed by atoms with van der Waals surface area (Å²) in [5.41, 5.74) is 5.71. The van der Waals surface area contributed by atoms with E-state index in [2.05, 4.69) is 0 Å². The van der Waals surface area contributed by atoms with Gasteiger partial charge in [0, 0.05) is 11.3 Å². The smallest absolute Gasteiger partial charge is 0.341 e. The number of benzene rings is 1. The number of carboxylic acids is 1. The molecule has 0 amide bonds. The van der Waals surface area contributed by atoms with E-state index in [4.69, 9.17) is 15.2 Å². The molecule has 0 radical (unpaired) electrons. The lowest BCUT2D eigenvalue weighted by molar-refractivity contribution is -0.181. The minimum Gasteiger partial charge on any atom is -0.481 e. The molecule has 1 aromatic rings. The van der Waals surface area contributed by atoms with Gasteiger partial charge in [-0.1, -0.05) is 51.3 Å². The van der Waals surface area contributed by atoms with Crippen molar-refractivity contribution in [1.29, 1.82) is 0 Å². The number of carboxylic acid groups (broad SMARTS) is 1. The van der Waals surface area contributed by atoms with E-state index in [-0.39, 0.29) is 12.3 Å². The van der Waals surface area contributed by atoms with E-state index in [9.17, 15) is 19.5 Å². The summed E-state index contributed by atoms with van der Waals surface area (Å²) in [7, 11) is 0. The van der Waals surface area contributed by atoms with E-state index in [0.29, 0.717) is 18.4 Å². The molecular formula is C21H29NO6. The standard InChI is InChI=1S/C21H29NO6/c1-14(2)20(27-18(25)15-9-5-3-6-10-15)28-19(26)17(22)21(13-16(23)24)11-7-4-8-12-21/h3,5-6,9-10,14,17,20H,4,7-8,11-13,22H2,1-2H3,(H,23,24). The zero-order chi connectivity index (χ0) is 20.7. The van der Waals surface area contributed by atoms with Gasteiger partial charge in [0.1, 0.15) is 6.04 Å². The van der Waals surface area contributed by atoms with Gasteiger partial charge < -0.3 is 20.3 Å². The molecule has 28 heavy (non-hydrogen) atoms. The highest BCUT2D eigenvalue weighted by Crippen LogP contribution is 2.42. The van der Waals surface area contributed by atoms with Crippen molar-refractivity contribution in [3.05, 3.63) is 35.9 Å². The summed E-state index contributed by atoms with van der Waals surface area (Å²) in [6, 6.07) is 7.33. The average molecular weight is 391 g/mol. The molecule has 7 heteroatoms. The summed E-state index contributed by atoms with van der Waals surface area (Å²) in [5.74, 6) is -2.60. The van der Waals surface area contributed by atoms with Crippen LogP contribution in [-0.2, 0) is 19.1 Å². The Morgan fingerprint density at radius 1 is 1.07 bits per heavy atom. The molecule has 0 heterocycles. The Morgan fingerprint density at radius 2 is 1.68 bits per heavy atom. The van der Waals surface area contributed by atoms with E-state index in [1.165, 1.54) is 0 Å². The van der Waals surface area contributed by atoms with Gasteiger partial charge in [-0.15, -0.1) is 0 Å². The zero-order valence-electron chi connectivity index (χ0n) is 16.4. The maximum absolute atomic E-state index is 12.7. The van der Waals surface area contributed by atoms with Crippen molar-refractivity contribution >= 4 is 17.9 Å². The van der Waals surface area contributed by atoms with Crippen molar-refractivity contribution in [2.45, 2.75) is 64.7 Å². The Hall–Kier alpha value is -2.41. The highest BCUT2D eigenvalue weighted by atomic mass is 16.7. The van der Waals surface area contributed by atoms with Crippen LogP contribution < -0.4 is 5.73 Å². The topological polar surface area (TPSA) is 116 Å². The molecule has 0 spiro atoms. The lowest BCUT2D eigenvalue weighted by Gasteiger charge is -2.40. The minimum atomic E-state index is -1.10. The number of hydrogen-bond acceptors (Lipinski definition) is 6. The molecule has 1 aliphatic carbocycles. The van der Waals surface area contributed by atoms with Crippen LogP contribution in [0.2, 0.25) is 0 Å². The van der Waals surface area contributed by atoms with E-state index in [1.54, 1.807) is 44.2 Å². The van der Waals surface area contributed by atoms with Crippen molar-refractivity contribution in [2.75, 3.05) is 0 Å². The molecule has 1 fully saturated rings. The lowest BCUT2D eigenvalue weighted by Crippen LogP contribution is -2.51. The molecule has 3 N–H and O–H groups in total. The van der Waals surface area contributed by atoms with Gasteiger partial charge in [0.15, 0.2) is 0 Å². The number of rotatable bonds is 8. The maximum atomic E-state index is 12.7. The Bertz CT molecular complexity index is 681. The first kappa shape index (κ1) is 21.9. The predicted octanol–water partition coefficient (Wildman–Crippen LogP) is 3.12. The Morgan fingerprint density at radius 3 is 2.21 bits per heavy atom. The van der Waals surface area contributed by atoms with Crippen LogP contribution in [0.5, 0.6) is 0 Å². The van der Waals surface area contributed by atoms with Crippen molar-refractivity contribution in [1.82, 2.24) is 0 Å². The number of esters is 2. The number of aliphatic carboxylic acids is 1. The molecule has 1 saturated carbocycles. The normalized spacial score (nSPS) is 18.1. The van der Waals surface area contributed by atoms with Crippen molar-refractivity contribution in [3.63, 3.8) is 0 Å².